The molecule has 3 aromatic rings. The molecule has 0 bridgehead atoms. The first-order valence-corrected chi connectivity index (χ1v) is 12.4. The van der Waals surface area contributed by atoms with Crippen LogP contribution in [0.5, 0.6) is 5.75 Å². The van der Waals surface area contributed by atoms with Crippen molar-refractivity contribution in [3.05, 3.63) is 76.6 Å². The summed E-state index contributed by atoms with van der Waals surface area (Å²) >= 11 is 0. The van der Waals surface area contributed by atoms with Gasteiger partial charge < -0.3 is 18.9 Å². The number of fused-ring (bicyclic) bond motifs is 1. The highest BCUT2D eigenvalue weighted by atomic mass is 19.4. The molecule has 0 atom stereocenters. The number of hydrogen-bond acceptors (Lipinski definition) is 4. The Bertz CT molecular complexity index is 1210. The Balaban J connectivity index is 1.39. The molecule has 4 nitrogen and oxygen atoms in total. The summed E-state index contributed by atoms with van der Waals surface area (Å²) in [7, 11) is 0. The minimum atomic E-state index is -4.73. The van der Waals surface area contributed by atoms with Crippen molar-refractivity contribution in [1.29, 1.82) is 0 Å². The predicted octanol–water partition coefficient (Wildman–Crippen LogP) is 7.21. The molecule has 1 saturated heterocycles. The van der Waals surface area contributed by atoms with E-state index in [1.165, 1.54) is 0 Å². The van der Waals surface area contributed by atoms with Crippen molar-refractivity contribution in [2.45, 2.75) is 51.2 Å². The Morgan fingerprint density at radius 3 is 2.29 bits per heavy atom. The smallest absolute Gasteiger partial charge is 0.422 e. The Hall–Kier alpha value is -2.82. The van der Waals surface area contributed by atoms with Gasteiger partial charge in [0.25, 0.3) is 0 Å². The van der Waals surface area contributed by atoms with E-state index in [0.717, 1.165) is 30.5 Å². The van der Waals surface area contributed by atoms with Crippen molar-refractivity contribution in [3.63, 3.8) is 0 Å². The molecule has 0 aromatic heterocycles. The lowest BCUT2D eigenvalue weighted by atomic mass is 9.98. The molecule has 4 rings (SSSR count). The van der Waals surface area contributed by atoms with Gasteiger partial charge in [0.1, 0.15) is 11.9 Å². The molecule has 0 radical (unpaired) electrons. The molecule has 1 aliphatic heterocycles. The van der Waals surface area contributed by atoms with E-state index in [-0.39, 0.29) is 24.5 Å². The van der Waals surface area contributed by atoms with Crippen LogP contribution in [0.3, 0.4) is 0 Å². The normalized spacial score (nSPS) is 18.2. The lowest BCUT2D eigenvalue weighted by Gasteiger charge is -2.29. The zero-order valence-corrected chi connectivity index (χ0v) is 20.8. The monoisotopic (exact) mass is 542 g/mol. The van der Waals surface area contributed by atoms with Crippen molar-refractivity contribution in [2.24, 2.45) is 0 Å². The minimum Gasteiger partial charge on any atom is -0.478 e. The highest BCUT2D eigenvalue weighted by Gasteiger charge is 2.30. The largest absolute Gasteiger partial charge is 0.478 e. The second kappa shape index (κ2) is 12.4. The van der Waals surface area contributed by atoms with Gasteiger partial charge in [-0.3, -0.25) is 0 Å². The van der Waals surface area contributed by atoms with E-state index >= 15 is 4.39 Å². The van der Waals surface area contributed by atoms with Gasteiger partial charge in [0, 0.05) is 17.6 Å². The van der Waals surface area contributed by atoms with Crippen molar-refractivity contribution in [3.8, 4) is 5.75 Å². The quantitative estimate of drug-likeness (QED) is 0.200. The van der Waals surface area contributed by atoms with Crippen molar-refractivity contribution < 1.29 is 45.3 Å². The minimum absolute atomic E-state index is 0.0686. The fourth-order valence-electron chi connectivity index (χ4n) is 4.19. The van der Waals surface area contributed by atoms with E-state index in [4.69, 9.17) is 14.2 Å². The molecular weight excluding hydrogens is 514 g/mol. The van der Waals surface area contributed by atoms with Crippen LogP contribution in [-0.4, -0.2) is 38.7 Å². The summed E-state index contributed by atoms with van der Waals surface area (Å²) < 4.78 is 102. The van der Waals surface area contributed by atoms with Gasteiger partial charge in [-0.05, 0) is 54.0 Å². The Morgan fingerprint density at radius 2 is 1.63 bits per heavy atom. The van der Waals surface area contributed by atoms with Crippen LogP contribution in [0.25, 0.3) is 10.8 Å². The maximum absolute atomic E-state index is 15.2. The summed E-state index contributed by atoms with van der Waals surface area (Å²) in [6.07, 6.45) is -3.23. The van der Waals surface area contributed by atoms with E-state index in [1.54, 1.807) is 30.3 Å². The van der Waals surface area contributed by atoms with E-state index in [9.17, 15) is 22.0 Å². The SMILES string of the molecule is CCCCOC1COC(c2ccc3c(F)c(CCc4cc(F)c(OCC(F)(F)F)c(F)c4)ccc3c2)OC1. The second-order valence-corrected chi connectivity index (χ2v) is 9.16. The molecule has 0 unspecified atom stereocenters. The molecule has 38 heavy (non-hydrogen) atoms. The standard InChI is InChI=1S/C28H28F6O4/c1-2-3-10-35-21-14-36-27(37-15-21)20-8-9-22-19(13-20)7-6-18(25(22)31)5-4-17-11-23(29)26(24(30)12-17)38-16-28(32,33)34/h6-9,11-13,21,27H,2-5,10,14-16H2,1H3. The lowest BCUT2D eigenvalue weighted by Crippen LogP contribution is -2.33. The van der Waals surface area contributed by atoms with Gasteiger partial charge in [0.05, 0.1) is 13.2 Å². The number of halogens is 6. The number of aryl methyl sites for hydroxylation is 2. The fourth-order valence-corrected chi connectivity index (χ4v) is 4.19. The number of ether oxygens (including phenoxy) is 4. The first-order valence-electron chi connectivity index (χ1n) is 12.4. The molecular formula is C28H28F6O4. The molecule has 1 fully saturated rings. The van der Waals surface area contributed by atoms with Crippen LogP contribution in [0.4, 0.5) is 26.3 Å². The Labute approximate surface area is 216 Å². The third kappa shape index (κ3) is 7.18. The molecule has 0 saturated carbocycles. The third-order valence-electron chi connectivity index (χ3n) is 6.17. The average molecular weight is 543 g/mol. The van der Waals surface area contributed by atoms with Crippen molar-refractivity contribution >= 4 is 10.8 Å². The molecule has 0 N–H and O–H groups in total. The maximum Gasteiger partial charge on any atom is 0.422 e. The van der Waals surface area contributed by atoms with Crippen LogP contribution in [0.1, 0.15) is 42.7 Å². The van der Waals surface area contributed by atoms with Crippen LogP contribution in [0.2, 0.25) is 0 Å². The summed E-state index contributed by atoms with van der Waals surface area (Å²) in [5, 5.41) is 1.01. The summed E-state index contributed by atoms with van der Waals surface area (Å²) in [5.74, 6) is -4.05. The van der Waals surface area contributed by atoms with E-state index in [0.29, 0.717) is 36.2 Å². The molecule has 0 spiro atoms. The molecule has 3 aromatic carbocycles. The van der Waals surface area contributed by atoms with Gasteiger partial charge in [-0.1, -0.05) is 37.6 Å². The highest BCUT2D eigenvalue weighted by molar-refractivity contribution is 5.84. The third-order valence-corrected chi connectivity index (χ3v) is 6.17. The zero-order valence-electron chi connectivity index (χ0n) is 20.8. The predicted molar refractivity (Wildman–Crippen MR) is 129 cm³/mol. The van der Waals surface area contributed by atoms with Gasteiger partial charge in [0.2, 0.25) is 0 Å². The van der Waals surface area contributed by atoms with Crippen LogP contribution in [-0.2, 0) is 27.1 Å². The molecule has 10 heteroatoms. The molecule has 0 amide bonds. The topological polar surface area (TPSA) is 36.9 Å². The Kier molecular flexibility index (Phi) is 9.17. The second-order valence-electron chi connectivity index (χ2n) is 9.16. The summed E-state index contributed by atoms with van der Waals surface area (Å²) in [5.41, 5.74) is 1.24. The first-order chi connectivity index (χ1) is 18.1. The average Bonchev–Trinajstić information content (AvgIpc) is 2.87. The van der Waals surface area contributed by atoms with Crippen LogP contribution >= 0.6 is 0 Å². The highest BCUT2D eigenvalue weighted by Crippen LogP contribution is 2.30. The van der Waals surface area contributed by atoms with Crippen molar-refractivity contribution in [2.75, 3.05) is 26.4 Å². The van der Waals surface area contributed by atoms with Gasteiger partial charge in [-0.25, -0.2) is 13.2 Å². The summed E-state index contributed by atoms with van der Waals surface area (Å²) in [6.45, 7) is 1.73. The molecule has 0 aliphatic carbocycles. The van der Waals surface area contributed by atoms with Crippen LogP contribution in [0, 0.1) is 17.5 Å². The summed E-state index contributed by atoms with van der Waals surface area (Å²) in [4.78, 5) is 0. The number of rotatable bonds is 10. The van der Waals surface area contributed by atoms with Gasteiger partial charge in [-0.15, -0.1) is 0 Å². The van der Waals surface area contributed by atoms with Crippen LogP contribution < -0.4 is 4.74 Å². The van der Waals surface area contributed by atoms with Crippen molar-refractivity contribution in [1.82, 2.24) is 0 Å². The molecule has 1 heterocycles. The van der Waals surface area contributed by atoms with Gasteiger partial charge in [0.15, 0.2) is 30.3 Å². The number of benzene rings is 3. The van der Waals surface area contributed by atoms with Gasteiger partial charge in [-0.2, -0.15) is 13.2 Å². The lowest BCUT2D eigenvalue weighted by molar-refractivity contribution is -0.230. The Morgan fingerprint density at radius 1 is 0.921 bits per heavy atom. The zero-order chi connectivity index (χ0) is 27.3. The number of alkyl halides is 3. The number of hydrogen-bond donors (Lipinski definition) is 0. The molecule has 1 aliphatic rings. The van der Waals surface area contributed by atoms with Crippen LogP contribution in [0.15, 0.2) is 42.5 Å². The first kappa shape index (κ1) is 28.2. The van der Waals surface area contributed by atoms with E-state index < -0.39 is 42.3 Å². The van der Waals surface area contributed by atoms with E-state index in [2.05, 4.69) is 11.7 Å². The molecule has 206 valence electrons. The fraction of sp³-hybridized carbons (Fsp3) is 0.429. The van der Waals surface area contributed by atoms with E-state index in [1.807, 2.05) is 0 Å². The van der Waals surface area contributed by atoms with Gasteiger partial charge >= 0.3 is 6.18 Å². The number of unbranched alkanes of at least 4 members (excludes halogenated alkanes) is 1. The summed E-state index contributed by atoms with van der Waals surface area (Å²) in [6, 6.07) is 10.3. The maximum atomic E-state index is 15.2.